The summed E-state index contributed by atoms with van der Waals surface area (Å²) in [5.41, 5.74) is 1.43. The number of aromatic nitrogens is 4. The molecule has 0 aliphatic rings. The fraction of sp³-hybridized carbons (Fsp3) is 0.214. The second-order valence-electron chi connectivity index (χ2n) is 4.59. The molecule has 0 aliphatic carbocycles. The SMILES string of the molecule is CCOc1nc(Cl)c2cn(-c3c(C)cc(Br)cc3F)nc2n1. The van der Waals surface area contributed by atoms with Gasteiger partial charge in [0.15, 0.2) is 5.65 Å². The maximum absolute atomic E-state index is 14.2. The number of nitrogens with zero attached hydrogens (tertiary/aromatic N) is 4. The van der Waals surface area contributed by atoms with E-state index in [2.05, 4.69) is 31.0 Å². The van der Waals surface area contributed by atoms with Gasteiger partial charge in [-0.3, -0.25) is 0 Å². The first-order valence-electron chi connectivity index (χ1n) is 6.51. The molecular formula is C14H11BrClFN4O. The van der Waals surface area contributed by atoms with Gasteiger partial charge >= 0.3 is 6.01 Å². The highest BCUT2D eigenvalue weighted by Crippen LogP contribution is 2.27. The van der Waals surface area contributed by atoms with Crippen molar-refractivity contribution in [1.82, 2.24) is 19.7 Å². The third kappa shape index (κ3) is 2.66. The molecule has 114 valence electrons. The first-order valence-corrected chi connectivity index (χ1v) is 7.68. The quantitative estimate of drug-likeness (QED) is 0.638. The summed E-state index contributed by atoms with van der Waals surface area (Å²) in [5, 5.41) is 5.04. The highest BCUT2D eigenvalue weighted by atomic mass is 79.9. The summed E-state index contributed by atoms with van der Waals surface area (Å²) < 4.78 is 21.6. The van der Waals surface area contributed by atoms with Crippen LogP contribution in [-0.2, 0) is 0 Å². The van der Waals surface area contributed by atoms with E-state index in [-0.39, 0.29) is 11.2 Å². The van der Waals surface area contributed by atoms with E-state index in [1.54, 1.807) is 13.1 Å². The average Bonchev–Trinajstić information content (AvgIpc) is 2.82. The molecule has 3 aromatic rings. The van der Waals surface area contributed by atoms with E-state index in [0.717, 1.165) is 5.56 Å². The Morgan fingerprint density at radius 3 is 2.82 bits per heavy atom. The van der Waals surface area contributed by atoms with Gasteiger partial charge in [0.25, 0.3) is 0 Å². The summed E-state index contributed by atoms with van der Waals surface area (Å²) in [6, 6.07) is 3.34. The molecule has 0 N–H and O–H groups in total. The highest BCUT2D eigenvalue weighted by molar-refractivity contribution is 9.10. The molecule has 0 amide bonds. The minimum atomic E-state index is -0.395. The van der Waals surface area contributed by atoms with Crippen LogP contribution >= 0.6 is 27.5 Å². The molecule has 0 aliphatic heterocycles. The van der Waals surface area contributed by atoms with E-state index in [1.807, 2.05) is 13.0 Å². The molecule has 0 radical (unpaired) electrons. The van der Waals surface area contributed by atoms with Gasteiger partial charge in [-0.2, -0.15) is 9.97 Å². The van der Waals surface area contributed by atoms with Crippen molar-refractivity contribution in [2.45, 2.75) is 13.8 Å². The highest BCUT2D eigenvalue weighted by Gasteiger charge is 2.15. The van der Waals surface area contributed by atoms with Crippen LogP contribution in [0.4, 0.5) is 4.39 Å². The van der Waals surface area contributed by atoms with Crippen LogP contribution in [0.15, 0.2) is 22.8 Å². The molecule has 5 nitrogen and oxygen atoms in total. The first kappa shape index (κ1) is 15.2. The van der Waals surface area contributed by atoms with Crippen molar-refractivity contribution in [3.05, 3.63) is 39.3 Å². The number of fused-ring (bicyclic) bond motifs is 1. The molecule has 2 aromatic heterocycles. The van der Waals surface area contributed by atoms with Crippen LogP contribution in [0.5, 0.6) is 6.01 Å². The van der Waals surface area contributed by atoms with Gasteiger partial charge in [-0.15, -0.1) is 5.10 Å². The minimum Gasteiger partial charge on any atom is -0.464 e. The Hall–Kier alpha value is -1.73. The normalized spacial score (nSPS) is 11.1. The second-order valence-corrected chi connectivity index (χ2v) is 5.87. The summed E-state index contributed by atoms with van der Waals surface area (Å²) in [5.74, 6) is -0.395. The fourth-order valence-electron chi connectivity index (χ4n) is 2.15. The molecule has 1 aromatic carbocycles. The van der Waals surface area contributed by atoms with E-state index < -0.39 is 5.82 Å². The van der Waals surface area contributed by atoms with Crippen molar-refractivity contribution in [3.8, 4) is 11.7 Å². The predicted octanol–water partition coefficient (Wildman–Crippen LogP) is 4.08. The molecular weight excluding hydrogens is 375 g/mol. The lowest BCUT2D eigenvalue weighted by Crippen LogP contribution is -2.01. The van der Waals surface area contributed by atoms with Crippen molar-refractivity contribution in [1.29, 1.82) is 0 Å². The standard InChI is InChI=1S/C14H11BrClFN4O/c1-3-22-14-18-12(16)9-6-21(20-13(9)19-14)11-7(2)4-8(15)5-10(11)17/h4-6H,3H2,1-2H3. The van der Waals surface area contributed by atoms with E-state index in [1.165, 1.54) is 10.7 Å². The Kier molecular flexibility index (Phi) is 4.01. The Morgan fingerprint density at radius 1 is 1.36 bits per heavy atom. The largest absolute Gasteiger partial charge is 0.464 e. The number of halogens is 3. The number of hydrogen-bond acceptors (Lipinski definition) is 4. The third-order valence-corrected chi connectivity index (χ3v) is 3.78. The Labute approximate surface area is 139 Å². The van der Waals surface area contributed by atoms with Crippen LogP contribution in [0.2, 0.25) is 5.15 Å². The minimum absolute atomic E-state index is 0.151. The van der Waals surface area contributed by atoms with E-state index in [9.17, 15) is 4.39 Å². The zero-order valence-electron chi connectivity index (χ0n) is 11.8. The topological polar surface area (TPSA) is 52.8 Å². The smallest absolute Gasteiger partial charge is 0.319 e. The Morgan fingerprint density at radius 2 is 2.14 bits per heavy atom. The predicted molar refractivity (Wildman–Crippen MR) is 85.2 cm³/mol. The summed E-state index contributed by atoms with van der Waals surface area (Å²) in [4.78, 5) is 8.20. The molecule has 0 saturated heterocycles. The van der Waals surface area contributed by atoms with Crippen LogP contribution in [0, 0.1) is 12.7 Å². The molecule has 2 heterocycles. The van der Waals surface area contributed by atoms with E-state index in [4.69, 9.17) is 16.3 Å². The fourth-order valence-corrected chi connectivity index (χ4v) is 2.90. The van der Waals surface area contributed by atoms with Crippen molar-refractivity contribution in [2.75, 3.05) is 6.61 Å². The van der Waals surface area contributed by atoms with Crippen molar-refractivity contribution in [3.63, 3.8) is 0 Å². The maximum atomic E-state index is 14.2. The molecule has 0 atom stereocenters. The van der Waals surface area contributed by atoms with Crippen LogP contribution < -0.4 is 4.74 Å². The summed E-state index contributed by atoms with van der Waals surface area (Å²) >= 11 is 9.38. The third-order valence-electron chi connectivity index (χ3n) is 3.03. The lowest BCUT2D eigenvalue weighted by Gasteiger charge is -2.07. The summed E-state index contributed by atoms with van der Waals surface area (Å²) in [7, 11) is 0. The van der Waals surface area contributed by atoms with Gasteiger partial charge < -0.3 is 4.74 Å². The number of ether oxygens (including phenoxy) is 1. The van der Waals surface area contributed by atoms with Gasteiger partial charge in [-0.05, 0) is 31.5 Å². The van der Waals surface area contributed by atoms with Crippen molar-refractivity contribution in [2.24, 2.45) is 0 Å². The number of rotatable bonds is 3. The molecule has 22 heavy (non-hydrogen) atoms. The Balaban J connectivity index is 2.19. The molecule has 0 unspecified atom stereocenters. The van der Waals surface area contributed by atoms with Crippen molar-refractivity contribution < 1.29 is 9.13 Å². The van der Waals surface area contributed by atoms with Crippen molar-refractivity contribution >= 4 is 38.6 Å². The molecule has 0 spiro atoms. The van der Waals surface area contributed by atoms with Crippen LogP contribution in [0.1, 0.15) is 12.5 Å². The zero-order chi connectivity index (χ0) is 15.9. The number of benzene rings is 1. The molecule has 0 bridgehead atoms. The van der Waals surface area contributed by atoms with Crippen LogP contribution in [-0.4, -0.2) is 26.4 Å². The van der Waals surface area contributed by atoms with Gasteiger partial charge in [0.2, 0.25) is 0 Å². The average molecular weight is 386 g/mol. The molecule has 8 heteroatoms. The Bertz CT molecular complexity index is 844. The van der Waals surface area contributed by atoms with Gasteiger partial charge in [-0.25, -0.2) is 9.07 Å². The lowest BCUT2D eigenvalue weighted by molar-refractivity contribution is 0.314. The number of aryl methyl sites for hydroxylation is 1. The van der Waals surface area contributed by atoms with Crippen LogP contribution in [0.25, 0.3) is 16.7 Å². The van der Waals surface area contributed by atoms with Gasteiger partial charge in [0.05, 0.1) is 12.0 Å². The second kappa shape index (κ2) is 5.81. The summed E-state index contributed by atoms with van der Waals surface area (Å²) in [6.45, 7) is 4.04. The van der Waals surface area contributed by atoms with Gasteiger partial charge in [0, 0.05) is 10.7 Å². The lowest BCUT2D eigenvalue weighted by atomic mass is 10.2. The monoisotopic (exact) mass is 384 g/mol. The van der Waals surface area contributed by atoms with E-state index in [0.29, 0.717) is 27.8 Å². The molecule has 0 fully saturated rings. The van der Waals surface area contributed by atoms with Crippen LogP contribution in [0.3, 0.4) is 0 Å². The van der Waals surface area contributed by atoms with Gasteiger partial charge in [-0.1, -0.05) is 27.5 Å². The van der Waals surface area contributed by atoms with Gasteiger partial charge in [0.1, 0.15) is 16.7 Å². The molecule has 0 saturated carbocycles. The first-order chi connectivity index (χ1) is 10.5. The summed E-state index contributed by atoms with van der Waals surface area (Å²) in [6.07, 6.45) is 1.60. The zero-order valence-corrected chi connectivity index (χ0v) is 14.1. The van der Waals surface area contributed by atoms with E-state index >= 15 is 0 Å². The molecule has 3 rings (SSSR count). The number of hydrogen-bond donors (Lipinski definition) is 0. The maximum Gasteiger partial charge on any atom is 0.319 e.